The number of thiocarbonyl (C=S) groups is 1. The summed E-state index contributed by atoms with van der Waals surface area (Å²) >= 11 is 18.1. The van der Waals surface area contributed by atoms with Crippen molar-refractivity contribution in [3.8, 4) is 0 Å². The van der Waals surface area contributed by atoms with E-state index in [0.717, 1.165) is 16.7 Å². The lowest BCUT2D eigenvalue weighted by Crippen LogP contribution is -2.33. The third-order valence-corrected chi connectivity index (χ3v) is 4.48. The van der Waals surface area contributed by atoms with Gasteiger partial charge in [-0.15, -0.1) is 0 Å². The van der Waals surface area contributed by atoms with Gasteiger partial charge in [0.2, 0.25) is 0 Å². The highest BCUT2D eigenvalue weighted by atomic mass is 35.5. The molecule has 0 unspecified atom stereocenters. The van der Waals surface area contributed by atoms with E-state index in [1.165, 1.54) is 6.08 Å². The molecule has 1 aliphatic rings. The Morgan fingerprint density at radius 1 is 1.40 bits per heavy atom. The molecule has 1 fully saturated rings. The van der Waals surface area contributed by atoms with Crippen LogP contribution in [0.3, 0.4) is 0 Å². The van der Waals surface area contributed by atoms with Crippen molar-refractivity contribution >= 4 is 69.5 Å². The molecular weight excluding hydrogens is 341 g/mol. The van der Waals surface area contributed by atoms with Crippen molar-refractivity contribution in [2.24, 2.45) is 0 Å². The summed E-state index contributed by atoms with van der Waals surface area (Å²) in [6.07, 6.45) is 1.52. The Kier molecular flexibility index (Phi) is 4.70. The zero-order chi connectivity index (χ0) is 14.9. The van der Waals surface area contributed by atoms with E-state index in [0.29, 0.717) is 20.5 Å². The van der Waals surface area contributed by atoms with Crippen LogP contribution in [0.25, 0.3) is 6.08 Å². The minimum Gasteiger partial charge on any atom is -0.480 e. The molecule has 104 valence electrons. The Bertz CT molecular complexity index is 625. The number of amides is 1. The lowest BCUT2D eigenvalue weighted by Gasteiger charge is -2.10. The number of thioether (sulfide) groups is 1. The summed E-state index contributed by atoms with van der Waals surface area (Å²) in [4.78, 5) is 24.1. The molecule has 1 heterocycles. The molecule has 0 atom stereocenters. The van der Waals surface area contributed by atoms with E-state index >= 15 is 0 Å². The van der Waals surface area contributed by atoms with Gasteiger partial charge in [0.15, 0.2) is 0 Å². The highest BCUT2D eigenvalue weighted by Gasteiger charge is 2.33. The fraction of sp³-hybridized carbons (Fsp3) is 0.0833. The SMILES string of the molecule is O=C(O)CN1C(=O)C(=Cc2c(Cl)cccc2Cl)SC1=S. The van der Waals surface area contributed by atoms with Crippen LogP contribution in [0.1, 0.15) is 5.56 Å². The normalized spacial score (nSPS) is 17.1. The van der Waals surface area contributed by atoms with Crippen LogP contribution in [0, 0.1) is 0 Å². The standard InChI is InChI=1S/C12H7Cl2NO3S2/c13-7-2-1-3-8(14)6(7)4-9-11(18)15(5-10(16)17)12(19)20-9/h1-4H,5H2,(H,16,17). The second-order valence-electron chi connectivity index (χ2n) is 3.80. The summed E-state index contributed by atoms with van der Waals surface area (Å²) < 4.78 is 0.201. The second-order valence-corrected chi connectivity index (χ2v) is 6.29. The molecule has 1 aromatic carbocycles. The first-order valence-electron chi connectivity index (χ1n) is 5.31. The first kappa shape index (κ1) is 15.3. The van der Waals surface area contributed by atoms with Crippen LogP contribution in [0.2, 0.25) is 10.0 Å². The number of aliphatic carboxylic acids is 1. The summed E-state index contributed by atoms with van der Waals surface area (Å²) in [6.45, 7) is -0.460. The van der Waals surface area contributed by atoms with Crippen molar-refractivity contribution in [2.75, 3.05) is 6.54 Å². The van der Waals surface area contributed by atoms with Crippen LogP contribution in [-0.4, -0.2) is 32.7 Å². The zero-order valence-corrected chi connectivity index (χ0v) is 12.9. The van der Waals surface area contributed by atoms with Crippen LogP contribution in [-0.2, 0) is 9.59 Å². The Morgan fingerprint density at radius 2 is 2.00 bits per heavy atom. The molecule has 0 aromatic heterocycles. The molecule has 0 aliphatic carbocycles. The first-order valence-corrected chi connectivity index (χ1v) is 7.29. The number of halogens is 2. The third-order valence-electron chi connectivity index (χ3n) is 2.44. The highest BCUT2D eigenvalue weighted by Crippen LogP contribution is 2.35. The molecular formula is C12H7Cl2NO3S2. The fourth-order valence-electron chi connectivity index (χ4n) is 1.55. The van der Waals surface area contributed by atoms with E-state index in [1.54, 1.807) is 18.2 Å². The molecule has 1 amide bonds. The van der Waals surface area contributed by atoms with Crippen molar-refractivity contribution < 1.29 is 14.7 Å². The molecule has 1 aliphatic heterocycles. The van der Waals surface area contributed by atoms with Crippen molar-refractivity contribution in [3.05, 3.63) is 38.7 Å². The number of benzene rings is 1. The highest BCUT2D eigenvalue weighted by molar-refractivity contribution is 8.26. The van der Waals surface area contributed by atoms with Gasteiger partial charge in [-0.2, -0.15) is 0 Å². The summed E-state index contributed by atoms with van der Waals surface area (Å²) in [5.74, 6) is -1.59. The maximum Gasteiger partial charge on any atom is 0.323 e. The molecule has 0 saturated carbocycles. The number of rotatable bonds is 3. The third kappa shape index (κ3) is 3.15. The number of hydrogen-bond donors (Lipinski definition) is 1. The zero-order valence-electron chi connectivity index (χ0n) is 9.80. The van der Waals surface area contributed by atoms with Crippen molar-refractivity contribution in [1.29, 1.82) is 0 Å². The predicted octanol–water partition coefficient (Wildman–Crippen LogP) is 3.28. The van der Waals surface area contributed by atoms with Gasteiger partial charge in [-0.05, 0) is 18.2 Å². The summed E-state index contributed by atoms with van der Waals surface area (Å²) in [5.41, 5.74) is 0.506. The molecule has 1 aromatic rings. The molecule has 4 nitrogen and oxygen atoms in total. The van der Waals surface area contributed by atoms with Gasteiger partial charge in [-0.1, -0.05) is 53.2 Å². The van der Waals surface area contributed by atoms with Gasteiger partial charge in [0.25, 0.3) is 5.91 Å². The molecule has 8 heteroatoms. The topological polar surface area (TPSA) is 57.6 Å². The van der Waals surface area contributed by atoms with Crippen LogP contribution in [0.4, 0.5) is 0 Å². The lowest BCUT2D eigenvalue weighted by molar-refractivity contribution is -0.140. The van der Waals surface area contributed by atoms with E-state index in [1.807, 2.05) is 0 Å². The largest absolute Gasteiger partial charge is 0.480 e. The number of carboxylic acid groups (broad SMARTS) is 1. The number of hydrogen-bond acceptors (Lipinski definition) is 4. The van der Waals surface area contributed by atoms with Gasteiger partial charge in [0.05, 0.1) is 4.91 Å². The van der Waals surface area contributed by atoms with Gasteiger partial charge < -0.3 is 5.11 Å². The van der Waals surface area contributed by atoms with E-state index in [-0.39, 0.29) is 4.32 Å². The second kappa shape index (κ2) is 6.13. The number of carbonyl (C=O) groups is 2. The smallest absolute Gasteiger partial charge is 0.323 e. The minimum absolute atomic E-state index is 0.201. The number of carbonyl (C=O) groups excluding carboxylic acids is 1. The van der Waals surface area contributed by atoms with Crippen LogP contribution in [0.5, 0.6) is 0 Å². The molecule has 0 bridgehead atoms. The molecule has 1 N–H and O–H groups in total. The Balaban J connectivity index is 2.35. The van der Waals surface area contributed by atoms with Gasteiger partial charge in [-0.25, -0.2) is 0 Å². The Hall–Kier alpha value is -1.08. The van der Waals surface area contributed by atoms with Crippen molar-refractivity contribution in [1.82, 2.24) is 4.90 Å². The molecule has 20 heavy (non-hydrogen) atoms. The monoisotopic (exact) mass is 347 g/mol. The summed E-state index contributed by atoms with van der Waals surface area (Å²) in [6, 6.07) is 4.99. The minimum atomic E-state index is -1.13. The summed E-state index contributed by atoms with van der Waals surface area (Å²) in [5, 5.41) is 9.56. The van der Waals surface area contributed by atoms with Gasteiger partial charge in [0.1, 0.15) is 10.9 Å². The number of nitrogens with zero attached hydrogens (tertiary/aromatic N) is 1. The van der Waals surface area contributed by atoms with Gasteiger partial charge in [-0.3, -0.25) is 14.5 Å². The van der Waals surface area contributed by atoms with Gasteiger partial charge >= 0.3 is 5.97 Å². The van der Waals surface area contributed by atoms with Crippen LogP contribution >= 0.6 is 47.2 Å². The van der Waals surface area contributed by atoms with E-state index in [4.69, 9.17) is 40.5 Å². The van der Waals surface area contributed by atoms with E-state index in [2.05, 4.69) is 0 Å². The molecule has 1 saturated heterocycles. The number of carboxylic acids is 1. The molecule has 2 rings (SSSR count). The quantitative estimate of drug-likeness (QED) is 0.671. The Morgan fingerprint density at radius 3 is 2.55 bits per heavy atom. The van der Waals surface area contributed by atoms with Crippen molar-refractivity contribution in [2.45, 2.75) is 0 Å². The summed E-state index contributed by atoms with van der Waals surface area (Å²) in [7, 11) is 0. The maximum atomic E-state index is 12.1. The average Bonchev–Trinajstić information content (AvgIpc) is 2.61. The molecule has 0 radical (unpaired) electrons. The maximum absolute atomic E-state index is 12.1. The predicted molar refractivity (Wildman–Crippen MR) is 84.0 cm³/mol. The van der Waals surface area contributed by atoms with Crippen LogP contribution in [0.15, 0.2) is 23.1 Å². The first-order chi connectivity index (χ1) is 9.40. The molecule has 0 spiro atoms. The average molecular weight is 348 g/mol. The fourth-order valence-corrected chi connectivity index (χ4v) is 3.29. The van der Waals surface area contributed by atoms with Gasteiger partial charge in [0, 0.05) is 15.6 Å². The van der Waals surface area contributed by atoms with E-state index in [9.17, 15) is 9.59 Å². The lowest BCUT2D eigenvalue weighted by atomic mass is 10.2. The van der Waals surface area contributed by atoms with Crippen LogP contribution < -0.4 is 0 Å². The van der Waals surface area contributed by atoms with E-state index < -0.39 is 18.4 Å². The Labute approximate surface area is 134 Å². The van der Waals surface area contributed by atoms with Crippen molar-refractivity contribution in [3.63, 3.8) is 0 Å².